The highest BCUT2D eigenvalue weighted by Crippen LogP contribution is 2.24. The molecule has 1 heterocycles. The molecule has 2 rings (SSSR count). The maximum absolute atomic E-state index is 13.2. The molecule has 1 atom stereocenters. The molecule has 0 radical (unpaired) electrons. The first-order chi connectivity index (χ1) is 10.1. The summed E-state index contributed by atoms with van der Waals surface area (Å²) in [5.74, 6) is -0.624. The largest absolute Gasteiger partial charge is 0.381 e. The number of carbonyl (C=O) groups excluding carboxylic acids is 1. The Morgan fingerprint density at radius 3 is 2.81 bits per heavy atom. The molecule has 1 saturated heterocycles. The van der Waals surface area contributed by atoms with E-state index in [-0.39, 0.29) is 11.7 Å². The minimum absolute atomic E-state index is 0.0972. The first-order valence-electron chi connectivity index (χ1n) is 6.82. The van der Waals surface area contributed by atoms with E-state index in [9.17, 15) is 9.18 Å². The van der Waals surface area contributed by atoms with Gasteiger partial charge in [-0.05, 0) is 61.4 Å². The Morgan fingerprint density at radius 1 is 1.48 bits per heavy atom. The third-order valence-corrected chi connectivity index (χ3v) is 4.42. The number of ether oxygens (including phenoxy) is 1. The van der Waals surface area contributed by atoms with Gasteiger partial charge in [-0.25, -0.2) is 14.6 Å². The van der Waals surface area contributed by atoms with Crippen molar-refractivity contribution < 1.29 is 19.1 Å². The quantitative estimate of drug-likeness (QED) is 0.441. The van der Waals surface area contributed by atoms with Gasteiger partial charge in [0.05, 0.1) is 0 Å². The van der Waals surface area contributed by atoms with Crippen molar-refractivity contribution in [3.63, 3.8) is 0 Å². The molecule has 1 aliphatic heterocycles. The third kappa shape index (κ3) is 4.41. The lowest BCUT2D eigenvalue weighted by Crippen LogP contribution is -2.47. The van der Waals surface area contributed by atoms with Crippen molar-refractivity contribution in [1.82, 2.24) is 10.2 Å². The van der Waals surface area contributed by atoms with Gasteiger partial charge in [-0.15, -0.1) is 0 Å². The molecule has 0 saturated carbocycles. The molecule has 7 heteroatoms. The predicted molar refractivity (Wildman–Crippen MR) is 77.4 cm³/mol. The summed E-state index contributed by atoms with van der Waals surface area (Å²) in [6.45, 7) is 2.92. The molecule has 0 unspecified atom stereocenters. The third-order valence-electron chi connectivity index (χ3n) is 3.56. The van der Waals surface area contributed by atoms with Gasteiger partial charge in [0.15, 0.2) is 0 Å². The number of hydrogen-bond acceptors (Lipinski definition) is 5. The Balaban J connectivity index is 2.00. The topological polar surface area (TPSA) is 70.6 Å². The van der Waals surface area contributed by atoms with Crippen LogP contribution in [0.4, 0.5) is 4.39 Å². The molecule has 1 aliphatic rings. The van der Waals surface area contributed by atoms with Crippen LogP contribution in [0.5, 0.6) is 0 Å². The van der Waals surface area contributed by atoms with Gasteiger partial charge in [0.25, 0.3) is 5.91 Å². The van der Waals surface area contributed by atoms with Crippen molar-refractivity contribution in [3.8, 4) is 0 Å². The van der Waals surface area contributed by atoms with Crippen molar-refractivity contribution in [2.75, 3.05) is 13.2 Å². The van der Waals surface area contributed by atoms with Crippen LogP contribution >= 0.6 is 11.9 Å². The van der Waals surface area contributed by atoms with E-state index in [1.54, 1.807) is 24.5 Å². The molecule has 116 valence electrons. The summed E-state index contributed by atoms with van der Waals surface area (Å²) in [4.78, 5) is 12.6. The van der Waals surface area contributed by atoms with E-state index in [1.807, 2.05) is 0 Å². The molecule has 5 nitrogen and oxygen atoms in total. The van der Waals surface area contributed by atoms with Crippen molar-refractivity contribution in [2.45, 2.75) is 30.7 Å². The zero-order chi connectivity index (χ0) is 15.2. The highest BCUT2D eigenvalue weighted by Gasteiger charge is 2.29. The van der Waals surface area contributed by atoms with E-state index < -0.39 is 11.9 Å². The van der Waals surface area contributed by atoms with E-state index in [0.29, 0.717) is 18.8 Å². The second kappa shape index (κ2) is 7.74. The number of nitrogens with one attached hydrogen (secondary N) is 2. The maximum Gasteiger partial charge on any atom is 0.261 e. The molecular formula is C14H19FN2O3S. The number of aryl methyl sites for hydroxylation is 1. The Morgan fingerprint density at radius 2 is 2.19 bits per heavy atom. The predicted octanol–water partition coefficient (Wildman–Crippen LogP) is 2.03. The number of halogens is 1. The fourth-order valence-electron chi connectivity index (χ4n) is 2.29. The molecular weight excluding hydrogens is 295 g/mol. The van der Waals surface area contributed by atoms with E-state index in [0.717, 1.165) is 17.7 Å². The monoisotopic (exact) mass is 314 g/mol. The molecule has 0 aromatic heterocycles. The molecule has 0 spiro atoms. The van der Waals surface area contributed by atoms with Crippen LogP contribution in [-0.4, -0.2) is 30.4 Å². The first kappa shape index (κ1) is 16.2. The van der Waals surface area contributed by atoms with Gasteiger partial charge in [0.2, 0.25) is 0 Å². The van der Waals surface area contributed by atoms with E-state index >= 15 is 0 Å². The van der Waals surface area contributed by atoms with Crippen molar-refractivity contribution in [3.05, 3.63) is 29.6 Å². The number of rotatable bonds is 5. The fraction of sp³-hybridized carbons (Fsp3) is 0.500. The van der Waals surface area contributed by atoms with Crippen LogP contribution in [0.25, 0.3) is 0 Å². The molecule has 21 heavy (non-hydrogen) atoms. The minimum atomic E-state index is -0.519. The summed E-state index contributed by atoms with van der Waals surface area (Å²) in [7, 11) is 0. The summed E-state index contributed by atoms with van der Waals surface area (Å²) in [6, 6.07) is 4.24. The maximum atomic E-state index is 13.2. The number of amides is 1. The SMILES string of the molecule is Cc1cc(SN[C@@H](C(=O)NO)C2CCOCC2)ccc1F. The van der Waals surface area contributed by atoms with Gasteiger partial charge in [0, 0.05) is 18.1 Å². The lowest BCUT2D eigenvalue weighted by Gasteiger charge is -2.29. The molecule has 1 aromatic carbocycles. The molecule has 0 aliphatic carbocycles. The first-order valence-corrected chi connectivity index (χ1v) is 7.63. The molecule has 1 fully saturated rings. The van der Waals surface area contributed by atoms with Crippen molar-refractivity contribution in [2.24, 2.45) is 5.92 Å². The summed E-state index contributed by atoms with van der Waals surface area (Å²) in [6.07, 6.45) is 1.52. The Bertz CT molecular complexity index is 495. The lowest BCUT2D eigenvalue weighted by atomic mass is 9.92. The van der Waals surface area contributed by atoms with Crippen LogP contribution in [0.3, 0.4) is 0 Å². The average Bonchev–Trinajstić information content (AvgIpc) is 2.51. The van der Waals surface area contributed by atoms with Crippen LogP contribution in [0.2, 0.25) is 0 Å². The zero-order valence-corrected chi connectivity index (χ0v) is 12.6. The highest BCUT2D eigenvalue weighted by molar-refractivity contribution is 7.97. The average molecular weight is 314 g/mol. The summed E-state index contributed by atoms with van der Waals surface area (Å²) in [5, 5.41) is 8.88. The van der Waals surface area contributed by atoms with Crippen LogP contribution < -0.4 is 10.2 Å². The van der Waals surface area contributed by atoms with Gasteiger partial charge in [-0.1, -0.05) is 0 Å². The van der Waals surface area contributed by atoms with Crippen molar-refractivity contribution >= 4 is 17.9 Å². The van der Waals surface area contributed by atoms with E-state index in [1.165, 1.54) is 18.0 Å². The second-order valence-corrected chi connectivity index (χ2v) is 5.95. The van der Waals surface area contributed by atoms with E-state index in [2.05, 4.69) is 4.72 Å². The van der Waals surface area contributed by atoms with Crippen LogP contribution in [0.15, 0.2) is 23.1 Å². The Labute approximate surface area is 127 Å². The fourth-order valence-corrected chi connectivity index (χ4v) is 3.23. The number of hydroxylamine groups is 1. The minimum Gasteiger partial charge on any atom is -0.381 e. The van der Waals surface area contributed by atoms with Gasteiger partial charge in [0.1, 0.15) is 11.9 Å². The number of carbonyl (C=O) groups is 1. The van der Waals surface area contributed by atoms with Crippen LogP contribution in [0.1, 0.15) is 18.4 Å². The van der Waals surface area contributed by atoms with Crippen LogP contribution in [-0.2, 0) is 9.53 Å². The normalized spacial score (nSPS) is 17.5. The van der Waals surface area contributed by atoms with Crippen molar-refractivity contribution in [1.29, 1.82) is 0 Å². The highest BCUT2D eigenvalue weighted by atomic mass is 32.2. The standard InChI is InChI=1S/C14H19FN2O3S/c1-9-8-11(2-3-12(9)15)21-17-13(14(18)16-19)10-4-6-20-7-5-10/h2-3,8,10,13,17,19H,4-7H2,1H3,(H,16,18)/t13-/m1/s1. The summed E-state index contributed by atoms with van der Waals surface area (Å²) in [5.41, 5.74) is 2.26. The van der Waals surface area contributed by atoms with E-state index in [4.69, 9.17) is 9.94 Å². The summed E-state index contributed by atoms with van der Waals surface area (Å²) >= 11 is 1.26. The smallest absolute Gasteiger partial charge is 0.261 e. The molecule has 3 N–H and O–H groups in total. The number of benzene rings is 1. The Kier molecular flexibility index (Phi) is 5.98. The lowest BCUT2D eigenvalue weighted by molar-refractivity contribution is -0.133. The molecule has 1 aromatic rings. The van der Waals surface area contributed by atoms with Gasteiger partial charge in [-0.3, -0.25) is 10.0 Å². The summed E-state index contributed by atoms with van der Waals surface area (Å²) < 4.78 is 21.6. The van der Waals surface area contributed by atoms with Crippen LogP contribution in [0, 0.1) is 18.7 Å². The number of hydrogen-bond donors (Lipinski definition) is 3. The molecule has 1 amide bonds. The Hall–Kier alpha value is -1.15. The zero-order valence-electron chi connectivity index (χ0n) is 11.8. The van der Waals surface area contributed by atoms with Gasteiger partial charge in [-0.2, -0.15) is 0 Å². The van der Waals surface area contributed by atoms with Gasteiger partial charge >= 0.3 is 0 Å². The molecule has 0 bridgehead atoms. The van der Waals surface area contributed by atoms with Gasteiger partial charge < -0.3 is 4.74 Å². The second-order valence-electron chi connectivity index (χ2n) is 5.03.